The molecule has 1 N–H and O–H groups in total. The summed E-state index contributed by atoms with van der Waals surface area (Å²) in [5.41, 5.74) is -0.825. The molecule has 0 aliphatic rings. The molecule has 1 aromatic rings. The lowest BCUT2D eigenvalue weighted by molar-refractivity contribution is -0.255. The van der Waals surface area contributed by atoms with Gasteiger partial charge in [-0.25, -0.2) is 9.78 Å². The van der Waals surface area contributed by atoms with Gasteiger partial charge in [0, 0.05) is 5.38 Å². The molecule has 16 heavy (non-hydrogen) atoms. The third-order valence-corrected chi connectivity index (χ3v) is 2.08. The minimum atomic E-state index is -1.38. The van der Waals surface area contributed by atoms with E-state index < -0.39 is 17.7 Å². The maximum atomic E-state index is 11.3. The van der Waals surface area contributed by atoms with E-state index in [-0.39, 0.29) is 10.8 Å². The van der Waals surface area contributed by atoms with Crippen LogP contribution in [-0.2, 0) is 4.74 Å². The molecule has 1 aromatic heterocycles. The standard InChI is InChI=1S/C9H12N2O4S/c1-9(2,3)15-8(14)11-7-10-5(4-16-7)6(12)13/h4H,1-3H3,(H,12,13)(H,10,11,14)/p-1. The van der Waals surface area contributed by atoms with Crippen LogP contribution in [0.5, 0.6) is 0 Å². The van der Waals surface area contributed by atoms with Crippen LogP contribution in [-0.4, -0.2) is 22.6 Å². The van der Waals surface area contributed by atoms with E-state index in [1.807, 2.05) is 0 Å². The summed E-state index contributed by atoms with van der Waals surface area (Å²) < 4.78 is 4.96. The van der Waals surface area contributed by atoms with Crippen molar-refractivity contribution >= 4 is 28.5 Å². The molecule has 6 nitrogen and oxygen atoms in total. The minimum absolute atomic E-state index is 0.161. The first-order valence-corrected chi connectivity index (χ1v) is 5.33. The first-order chi connectivity index (χ1) is 7.28. The van der Waals surface area contributed by atoms with Crippen LogP contribution in [0, 0.1) is 0 Å². The van der Waals surface area contributed by atoms with E-state index >= 15 is 0 Å². The van der Waals surface area contributed by atoms with Crippen LogP contribution in [0.1, 0.15) is 31.3 Å². The quantitative estimate of drug-likeness (QED) is 0.831. The fourth-order valence-corrected chi connectivity index (χ4v) is 1.48. The highest BCUT2D eigenvalue weighted by Gasteiger charge is 2.17. The molecule has 7 heteroatoms. The zero-order valence-corrected chi connectivity index (χ0v) is 9.88. The van der Waals surface area contributed by atoms with Crippen LogP contribution < -0.4 is 10.4 Å². The zero-order chi connectivity index (χ0) is 12.3. The number of anilines is 1. The van der Waals surface area contributed by atoms with Gasteiger partial charge in [-0.3, -0.25) is 5.32 Å². The Hall–Kier alpha value is -1.63. The number of aromatic carboxylic acids is 1. The Balaban J connectivity index is 2.60. The number of amides is 1. The molecule has 0 saturated heterocycles. The van der Waals surface area contributed by atoms with Gasteiger partial charge in [0.2, 0.25) is 0 Å². The zero-order valence-electron chi connectivity index (χ0n) is 9.07. The number of nitrogens with one attached hydrogen (secondary N) is 1. The highest BCUT2D eigenvalue weighted by molar-refractivity contribution is 7.14. The Morgan fingerprint density at radius 3 is 2.56 bits per heavy atom. The number of carbonyl (C=O) groups is 2. The Morgan fingerprint density at radius 1 is 1.50 bits per heavy atom. The number of hydrogen-bond acceptors (Lipinski definition) is 6. The second kappa shape index (κ2) is 4.48. The van der Waals surface area contributed by atoms with Crippen LogP contribution in [0.25, 0.3) is 0 Å². The molecule has 0 aliphatic heterocycles. The van der Waals surface area contributed by atoms with Gasteiger partial charge in [-0.1, -0.05) is 0 Å². The number of thiazole rings is 1. The highest BCUT2D eigenvalue weighted by atomic mass is 32.1. The van der Waals surface area contributed by atoms with Crippen LogP contribution in [0.4, 0.5) is 9.93 Å². The maximum absolute atomic E-state index is 11.3. The lowest BCUT2D eigenvalue weighted by atomic mass is 10.2. The largest absolute Gasteiger partial charge is 0.543 e. The average Bonchev–Trinajstić information content (AvgIpc) is 2.48. The van der Waals surface area contributed by atoms with Crippen molar-refractivity contribution in [1.82, 2.24) is 4.98 Å². The number of carboxylic acid groups (broad SMARTS) is 1. The molecule has 0 aromatic carbocycles. The van der Waals surface area contributed by atoms with E-state index in [0.29, 0.717) is 0 Å². The summed E-state index contributed by atoms with van der Waals surface area (Å²) in [6, 6.07) is 0. The first-order valence-electron chi connectivity index (χ1n) is 4.45. The number of aromatic nitrogens is 1. The molecule has 1 rings (SSSR count). The van der Waals surface area contributed by atoms with E-state index in [4.69, 9.17) is 4.74 Å². The second-order valence-corrected chi connectivity index (χ2v) is 4.81. The SMILES string of the molecule is CC(C)(C)OC(=O)Nc1nc(C(=O)[O-])cs1. The van der Waals surface area contributed by atoms with E-state index in [1.165, 1.54) is 5.38 Å². The summed E-state index contributed by atoms with van der Waals surface area (Å²) in [5.74, 6) is -1.38. The topological polar surface area (TPSA) is 91.3 Å². The number of ether oxygens (including phenoxy) is 1. The summed E-state index contributed by atoms with van der Waals surface area (Å²) in [4.78, 5) is 25.3. The van der Waals surface area contributed by atoms with Gasteiger partial charge in [-0.05, 0) is 20.8 Å². The lowest BCUT2D eigenvalue weighted by Crippen LogP contribution is -2.27. The minimum Gasteiger partial charge on any atom is -0.543 e. The smallest absolute Gasteiger partial charge is 0.413 e. The Labute approximate surface area is 96.3 Å². The predicted octanol–water partition coefficient (Wildman–Crippen LogP) is 0.854. The summed E-state index contributed by atoms with van der Waals surface area (Å²) >= 11 is 0.988. The maximum Gasteiger partial charge on any atom is 0.413 e. The molecule has 0 aliphatic carbocycles. The van der Waals surface area contributed by atoms with Gasteiger partial charge in [0.25, 0.3) is 0 Å². The Bertz CT molecular complexity index is 408. The molecule has 0 spiro atoms. The highest BCUT2D eigenvalue weighted by Crippen LogP contribution is 2.16. The van der Waals surface area contributed by atoms with Crippen molar-refractivity contribution < 1.29 is 19.4 Å². The van der Waals surface area contributed by atoms with Gasteiger partial charge in [-0.15, -0.1) is 11.3 Å². The van der Waals surface area contributed by atoms with Crippen LogP contribution in [0.15, 0.2) is 5.38 Å². The summed E-state index contributed by atoms with van der Waals surface area (Å²) in [6.45, 7) is 5.17. The van der Waals surface area contributed by atoms with E-state index in [0.717, 1.165) is 11.3 Å². The van der Waals surface area contributed by atoms with Crippen molar-refractivity contribution in [3.05, 3.63) is 11.1 Å². The van der Waals surface area contributed by atoms with Gasteiger partial charge in [0.05, 0.1) is 11.7 Å². The molecular formula is C9H11N2O4S-. The number of carboxylic acids is 1. The van der Waals surface area contributed by atoms with Crippen molar-refractivity contribution in [2.45, 2.75) is 26.4 Å². The van der Waals surface area contributed by atoms with Gasteiger partial charge in [0.1, 0.15) is 5.60 Å². The van der Waals surface area contributed by atoms with Gasteiger partial charge in [0.15, 0.2) is 5.13 Å². The van der Waals surface area contributed by atoms with Gasteiger partial charge >= 0.3 is 6.09 Å². The molecule has 0 unspecified atom stereocenters. The molecule has 0 bridgehead atoms. The van der Waals surface area contributed by atoms with Gasteiger partial charge < -0.3 is 14.6 Å². The average molecular weight is 243 g/mol. The molecule has 0 radical (unpaired) electrons. The normalized spacial score (nSPS) is 10.9. The third kappa shape index (κ3) is 3.85. The molecule has 0 atom stereocenters. The van der Waals surface area contributed by atoms with E-state index in [1.54, 1.807) is 20.8 Å². The molecule has 0 saturated carbocycles. The van der Waals surface area contributed by atoms with Crippen molar-refractivity contribution in [3.8, 4) is 0 Å². The number of nitrogens with zero attached hydrogens (tertiary/aromatic N) is 1. The Kier molecular flexibility index (Phi) is 3.48. The van der Waals surface area contributed by atoms with Crippen LogP contribution >= 0.6 is 11.3 Å². The summed E-state index contributed by atoms with van der Waals surface area (Å²) in [5, 5.41) is 14.2. The third-order valence-electron chi connectivity index (χ3n) is 1.32. The van der Waals surface area contributed by atoms with E-state index in [2.05, 4.69) is 10.3 Å². The predicted molar refractivity (Wildman–Crippen MR) is 56.3 cm³/mol. The summed E-state index contributed by atoms with van der Waals surface area (Å²) in [7, 11) is 0. The van der Waals surface area contributed by atoms with Crippen molar-refractivity contribution in [2.75, 3.05) is 5.32 Å². The van der Waals surface area contributed by atoms with Crippen LogP contribution in [0.2, 0.25) is 0 Å². The fraction of sp³-hybridized carbons (Fsp3) is 0.444. The monoisotopic (exact) mass is 243 g/mol. The van der Waals surface area contributed by atoms with Crippen molar-refractivity contribution in [1.29, 1.82) is 0 Å². The van der Waals surface area contributed by atoms with Crippen molar-refractivity contribution in [3.63, 3.8) is 0 Å². The molecule has 0 fully saturated rings. The summed E-state index contributed by atoms with van der Waals surface area (Å²) in [6.07, 6.45) is -0.674. The molecule has 1 amide bonds. The fourth-order valence-electron chi connectivity index (χ4n) is 0.816. The molecule has 88 valence electrons. The first kappa shape index (κ1) is 12.4. The van der Waals surface area contributed by atoms with Crippen molar-refractivity contribution in [2.24, 2.45) is 0 Å². The van der Waals surface area contributed by atoms with Gasteiger partial charge in [-0.2, -0.15) is 0 Å². The number of carbonyl (C=O) groups excluding carboxylic acids is 2. The Morgan fingerprint density at radius 2 is 2.12 bits per heavy atom. The number of rotatable bonds is 2. The molecular weight excluding hydrogens is 232 g/mol. The molecule has 1 heterocycles. The lowest BCUT2D eigenvalue weighted by Gasteiger charge is -2.18. The van der Waals surface area contributed by atoms with E-state index in [9.17, 15) is 14.7 Å². The number of hydrogen-bond donors (Lipinski definition) is 1. The van der Waals surface area contributed by atoms with Crippen LogP contribution in [0.3, 0.4) is 0 Å². The second-order valence-electron chi connectivity index (χ2n) is 3.95.